The molecule has 126 valence electrons. The summed E-state index contributed by atoms with van der Waals surface area (Å²) in [5, 5.41) is 0. The van der Waals surface area contributed by atoms with Crippen molar-refractivity contribution in [3.05, 3.63) is 53.3 Å². The van der Waals surface area contributed by atoms with E-state index in [4.69, 9.17) is 14.2 Å². The predicted molar refractivity (Wildman–Crippen MR) is 79.7 cm³/mol. The first-order valence-electron chi connectivity index (χ1n) is 7.71. The highest BCUT2D eigenvalue weighted by Gasteiger charge is 2.45. The highest BCUT2D eigenvalue weighted by molar-refractivity contribution is 5.42. The van der Waals surface area contributed by atoms with Crippen LogP contribution in [-0.2, 0) is 6.61 Å². The first kappa shape index (κ1) is 15.2. The Bertz CT molecular complexity index is 787. The van der Waals surface area contributed by atoms with Crippen LogP contribution in [-0.4, -0.2) is 13.2 Å². The summed E-state index contributed by atoms with van der Waals surface area (Å²) in [5.41, 5.74) is -0.182. The third-order valence-electron chi connectivity index (χ3n) is 4.46. The van der Waals surface area contributed by atoms with Gasteiger partial charge >= 0.3 is 0 Å². The highest BCUT2D eigenvalue weighted by Crippen LogP contribution is 2.47. The van der Waals surface area contributed by atoms with E-state index in [0.717, 1.165) is 18.9 Å². The summed E-state index contributed by atoms with van der Waals surface area (Å²) in [6.07, 6.45) is 1.80. The van der Waals surface area contributed by atoms with Gasteiger partial charge in [0.15, 0.2) is 23.1 Å². The largest absolute Gasteiger partial charge is 0.492 e. The zero-order valence-corrected chi connectivity index (χ0v) is 12.8. The van der Waals surface area contributed by atoms with Crippen LogP contribution >= 0.6 is 0 Å². The standard InChI is InChI=1S/C18H15F3O3/c19-11-1-3-15-16(7-11)24-10-18(5-6-18)9-23-14-4-2-13(20)17(21)12(14)8-22-15/h1-4,7H,5-6,8-10H2. The zero-order valence-electron chi connectivity index (χ0n) is 12.8. The second kappa shape index (κ2) is 5.61. The lowest BCUT2D eigenvalue weighted by atomic mass is 10.1. The Morgan fingerprint density at radius 3 is 2.25 bits per heavy atom. The fourth-order valence-corrected chi connectivity index (χ4v) is 2.68. The molecule has 6 heteroatoms. The third-order valence-corrected chi connectivity index (χ3v) is 4.46. The summed E-state index contributed by atoms with van der Waals surface area (Å²) < 4.78 is 58.2. The van der Waals surface area contributed by atoms with E-state index in [-0.39, 0.29) is 34.8 Å². The average Bonchev–Trinajstić information content (AvgIpc) is 3.34. The molecular formula is C18H15F3O3. The Labute approximate surface area is 137 Å². The van der Waals surface area contributed by atoms with Gasteiger partial charge in [0.05, 0.1) is 18.8 Å². The molecule has 0 saturated heterocycles. The van der Waals surface area contributed by atoms with Crippen molar-refractivity contribution in [2.45, 2.75) is 19.4 Å². The van der Waals surface area contributed by atoms with Gasteiger partial charge in [-0.2, -0.15) is 0 Å². The first-order valence-corrected chi connectivity index (χ1v) is 7.71. The van der Waals surface area contributed by atoms with Gasteiger partial charge in [-0.1, -0.05) is 0 Å². The van der Waals surface area contributed by atoms with Gasteiger partial charge in [0.1, 0.15) is 18.2 Å². The minimum absolute atomic E-state index is 0.00275. The maximum Gasteiger partial charge on any atom is 0.169 e. The van der Waals surface area contributed by atoms with Crippen LogP contribution in [0.4, 0.5) is 13.2 Å². The van der Waals surface area contributed by atoms with Crippen LogP contribution in [0.25, 0.3) is 0 Å². The maximum absolute atomic E-state index is 14.2. The molecule has 1 aliphatic carbocycles. The molecule has 1 saturated carbocycles. The van der Waals surface area contributed by atoms with E-state index < -0.39 is 17.5 Å². The fraction of sp³-hybridized carbons (Fsp3) is 0.333. The molecule has 1 spiro atoms. The second-order valence-electron chi connectivity index (χ2n) is 6.30. The van der Waals surface area contributed by atoms with Crippen LogP contribution in [0.15, 0.2) is 30.3 Å². The van der Waals surface area contributed by atoms with Crippen molar-refractivity contribution in [3.8, 4) is 17.2 Å². The number of hydrogen-bond donors (Lipinski definition) is 0. The van der Waals surface area contributed by atoms with Crippen molar-refractivity contribution in [2.24, 2.45) is 5.41 Å². The molecule has 0 amide bonds. The van der Waals surface area contributed by atoms with Crippen LogP contribution in [0.3, 0.4) is 0 Å². The van der Waals surface area contributed by atoms with Gasteiger partial charge < -0.3 is 14.2 Å². The maximum atomic E-state index is 14.2. The van der Waals surface area contributed by atoms with Gasteiger partial charge in [-0.15, -0.1) is 0 Å². The molecule has 1 fully saturated rings. The van der Waals surface area contributed by atoms with Crippen LogP contribution in [0.2, 0.25) is 0 Å². The van der Waals surface area contributed by atoms with Gasteiger partial charge in [0, 0.05) is 11.5 Å². The molecule has 1 heterocycles. The predicted octanol–water partition coefficient (Wildman–Crippen LogP) is 4.23. The van der Waals surface area contributed by atoms with Crippen molar-refractivity contribution < 1.29 is 27.4 Å². The number of benzene rings is 2. The Morgan fingerprint density at radius 2 is 1.50 bits per heavy atom. The van der Waals surface area contributed by atoms with Gasteiger partial charge in [0.25, 0.3) is 0 Å². The summed E-state index contributed by atoms with van der Waals surface area (Å²) in [7, 11) is 0. The molecule has 24 heavy (non-hydrogen) atoms. The van der Waals surface area contributed by atoms with E-state index in [9.17, 15) is 13.2 Å². The van der Waals surface area contributed by atoms with E-state index >= 15 is 0 Å². The van der Waals surface area contributed by atoms with Crippen molar-refractivity contribution in [3.63, 3.8) is 0 Å². The van der Waals surface area contributed by atoms with Gasteiger partial charge in [-0.3, -0.25) is 0 Å². The smallest absolute Gasteiger partial charge is 0.169 e. The zero-order chi connectivity index (χ0) is 16.7. The normalized spacial score (nSPS) is 18.3. The molecule has 0 aromatic heterocycles. The fourth-order valence-electron chi connectivity index (χ4n) is 2.68. The second-order valence-corrected chi connectivity index (χ2v) is 6.30. The molecule has 0 bridgehead atoms. The minimum Gasteiger partial charge on any atom is -0.492 e. The summed E-state index contributed by atoms with van der Waals surface area (Å²) in [6.45, 7) is 0.440. The first-order chi connectivity index (χ1) is 11.6. The average molecular weight is 336 g/mol. The van der Waals surface area contributed by atoms with E-state index in [1.807, 2.05) is 0 Å². The third kappa shape index (κ3) is 2.77. The summed E-state index contributed by atoms with van der Waals surface area (Å²) in [5.74, 6) is -1.63. The van der Waals surface area contributed by atoms with Crippen LogP contribution in [0.1, 0.15) is 18.4 Å². The van der Waals surface area contributed by atoms with E-state index in [1.165, 1.54) is 24.3 Å². The Hall–Kier alpha value is -2.37. The minimum atomic E-state index is -0.999. The summed E-state index contributed by atoms with van der Waals surface area (Å²) in [6, 6.07) is 6.31. The molecular weight excluding hydrogens is 321 g/mol. The lowest BCUT2D eigenvalue weighted by Gasteiger charge is -2.17. The Balaban J connectivity index is 1.74. The number of fused-ring (bicyclic) bond motifs is 2. The van der Waals surface area contributed by atoms with Crippen molar-refractivity contribution in [2.75, 3.05) is 13.2 Å². The summed E-state index contributed by atoms with van der Waals surface area (Å²) >= 11 is 0. The highest BCUT2D eigenvalue weighted by atomic mass is 19.2. The lowest BCUT2D eigenvalue weighted by Crippen LogP contribution is -2.21. The van der Waals surface area contributed by atoms with Crippen molar-refractivity contribution in [1.82, 2.24) is 0 Å². The number of hydrogen-bond acceptors (Lipinski definition) is 3. The van der Waals surface area contributed by atoms with Gasteiger partial charge in [0.2, 0.25) is 0 Å². The molecule has 2 aromatic carbocycles. The molecule has 0 N–H and O–H groups in total. The van der Waals surface area contributed by atoms with E-state index in [0.29, 0.717) is 13.2 Å². The molecule has 0 unspecified atom stereocenters. The number of rotatable bonds is 0. The van der Waals surface area contributed by atoms with Gasteiger partial charge in [-0.05, 0) is 37.1 Å². The molecule has 2 aliphatic rings. The molecule has 0 atom stereocenters. The molecule has 0 radical (unpaired) electrons. The monoisotopic (exact) mass is 336 g/mol. The van der Waals surface area contributed by atoms with Crippen LogP contribution in [0, 0.1) is 22.9 Å². The topological polar surface area (TPSA) is 27.7 Å². The number of ether oxygens (including phenoxy) is 3. The van der Waals surface area contributed by atoms with Crippen LogP contribution < -0.4 is 14.2 Å². The van der Waals surface area contributed by atoms with E-state index in [1.54, 1.807) is 0 Å². The van der Waals surface area contributed by atoms with Crippen molar-refractivity contribution >= 4 is 0 Å². The number of halogens is 3. The van der Waals surface area contributed by atoms with E-state index in [2.05, 4.69) is 0 Å². The molecule has 3 nitrogen and oxygen atoms in total. The quantitative estimate of drug-likeness (QED) is 0.720. The summed E-state index contributed by atoms with van der Waals surface area (Å²) in [4.78, 5) is 0. The lowest BCUT2D eigenvalue weighted by molar-refractivity contribution is 0.159. The molecule has 4 rings (SSSR count). The van der Waals surface area contributed by atoms with Gasteiger partial charge in [-0.25, -0.2) is 13.2 Å². The SMILES string of the molecule is Fc1ccc2c(c1)OCC1(CC1)COc1ccc(F)c(F)c1CO2. The molecule has 2 aromatic rings. The molecule has 1 aliphatic heterocycles. The Morgan fingerprint density at radius 1 is 0.792 bits per heavy atom. The van der Waals surface area contributed by atoms with Crippen molar-refractivity contribution in [1.29, 1.82) is 0 Å². The van der Waals surface area contributed by atoms with Crippen LogP contribution in [0.5, 0.6) is 17.2 Å². The Kier molecular flexibility index (Phi) is 3.55.